The van der Waals surface area contributed by atoms with Gasteiger partial charge in [0.25, 0.3) is 0 Å². The van der Waals surface area contributed by atoms with Gasteiger partial charge in [0.1, 0.15) is 0 Å². The SMILES string of the molecule is CCCC(C)(C)CSC(C)P. The molecule has 0 N–H and O–H groups in total. The highest BCUT2D eigenvalue weighted by atomic mass is 32.2. The molecule has 0 amide bonds. The first-order valence-corrected chi connectivity index (χ1v) is 6.06. The van der Waals surface area contributed by atoms with E-state index in [9.17, 15) is 0 Å². The maximum atomic E-state index is 2.84. The molecule has 2 unspecified atom stereocenters. The minimum atomic E-state index is 0.532. The Morgan fingerprint density at radius 1 is 1.45 bits per heavy atom. The van der Waals surface area contributed by atoms with Crippen molar-refractivity contribution < 1.29 is 0 Å². The van der Waals surface area contributed by atoms with Crippen LogP contribution in [0.15, 0.2) is 0 Å². The summed E-state index contributed by atoms with van der Waals surface area (Å²) in [6, 6.07) is 0. The highest BCUT2D eigenvalue weighted by molar-refractivity contribution is 8.03. The van der Waals surface area contributed by atoms with E-state index < -0.39 is 0 Å². The molecular formula is C9H21PS. The largest absolute Gasteiger partial charge is 0.154 e. The van der Waals surface area contributed by atoms with Crippen molar-refractivity contribution in [2.24, 2.45) is 5.41 Å². The molecular weight excluding hydrogens is 171 g/mol. The normalized spacial score (nSPS) is 15.0. The molecule has 0 saturated carbocycles. The van der Waals surface area contributed by atoms with E-state index in [-0.39, 0.29) is 0 Å². The fourth-order valence-electron chi connectivity index (χ4n) is 1.11. The number of hydrogen-bond acceptors (Lipinski definition) is 1. The molecule has 0 bridgehead atoms. The summed E-state index contributed by atoms with van der Waals surface area (Å²) in [4.78, 5) is 0.700. The molecule has 0 aromatic heterocycles. The third-order valence-corrected chi connectivity index (χ3v) is 3.72. The minimum Gasteiger partial charge on any atom is -0.154 e. The summed E-state index contributed by atoms with van der Waals surface area (Å²) >= 11 is 2.04. The van der Waals surface area contributed by atoms with Gasteiger partial charge >= 0.3 is 0 Å². The fourth-order valence-corrected chi connectivity index (χ4v) is 2.25. The molecule has 68 valence electrons. The van der Waals surface area contributed by atoms with Crippen LogP contribution in [0.4, 0.5) is 0 Å². The lowest BCUT2D eigenvalue weighted by Gasteiger charge is -2.24. The Hall–Kier alpha value is 0.780. The van der Waals surface area contributed by atoms with Gasteiger partial charge in [-0.3, -0.25) is 0 Å². The first kappa shape index (κ1) is 11.8. The van der Waals surface area contributed by atoms with Crippen molar-refractivity contribution in [3.63, 3.8) is 0 Å². The van der Waals surface area contributed by atoms with E-state index in [4.69, 9.17) is 0 Å². The average molecular weight is 192 g/mol. The van der Waals surface area contributed by atoms with Crippen molar-refractivity contribution in [2.75, 3.05) is 5.75 Å². The average Bonchev–Trinajstić information content (AvgIpc) is 1.84. The molecule has 0 radical (unpaired) electrons. The lowest BCUT2D eigenvalue weighted by Crippen LogP contribution is -2.14. The first-order chi connectivity index (χ1) is 4.98. The van der Waals surface area contributed by atoms with Crippen molar-refractivity contribution in [3.05, 3.63) is 0 Å². The van der Waals surface area contributed by atoms with Crippen LogP contribution in [-0.2, 0) is 0 Å². The van der Waals surface area contributed by atoms with Crippen LogP contribution < -0.4 is 0 Å². The smallest absolute Gasteiger partial charge is 0.0162 e. The Labute approximate surface area is 78.1 Å². The van der Waals surface area contributed by atoms with Crippen LogP contribution in [0.5, 0.6) is 0 Å². The second-order valence-electron chi connectivity index (χ2n) is 3.93. The molecule has 0 heterocycles. The van der Waals surface area contributed by atoms with Crippen LogP contribution in [-0.4, -0.2) is 10.7 Å². The van der Waals surface area contributed by atoms with E-state index in [0.29, 0.717) is 10.4 Å². The van der Waals surface area contributed by atoms with Crippen molar-refractivity contribution in [1.82, 2.24) is 0 Å². The van der Waals surface area contributed by atoms with Gasteiger partial charge in [-0.2, -0.15) is 11.8 Å². The van der Waals surface area contributed by atoms with E-state index in [1.165, 1.54) is 18.6 Å². The van der Waals surface area contributed by atoms with Crippen molar-refractivity contribution in [3.8, 4) is 0 Å². The lowest BCUT2D eigenvalue weighted by molar-refractivity contribution is 0.382. The summed E-state index contributed by atoms with van der Waals surface area (Å²) in [5.41, 5.74) is 0.532. The quantitative estimate of drug-likeness (QED) is 0.597. The molecule has 2 heteroatoms. The molecule has 0 fully saturated rings. The number of hydrogen-bond donors (Lipinski definition) is 0. The summed E-state index contributed by atoms with van der Waals surface area (Å²) in [6.45, 7) is 9.21. The Morgan fingerprint density at radius 3 is 2.36 bits per heavy atom. The van der Waals surface area contributed by atoms with Crippen LogP contribution in [0, 0.1) is 5.41 Å². The van der Waals surface area contributed by atoms with Gasteiger partial charge in [0.2, 0.25) is 0 Å². The topological polar surface area (TPSA) is 0 Å². The predicted molar refractivity (Wildman–Crippen MR) is 60.3 cm³/mol. The molecule has 0 aliphatic carbocycles. The van der Waals surface area contributed by atoms with E-state index in [0.717, 1.165) is 0 Å². The second-order valence-corrected chi connectivity index (χ2v) is 6.78. The summed E-state index contributed by atoms with van der Waals surface area (Å²) < 4.78 is 0. The zero-order chi connectivity index (χ0) is 8.91. The van der Waals surface area contributed by atoms with Crippen LogP contribution >= 0.6 is 21.0 Å². The number of rotatable bonds is 5. The monoisotopic (exact) mass is 192 g/mol. The number of thioether (sulfide) groups is 1. The first-order valence-electron chi connectivity index (χ1n) is 4.35. The van der Waals surface area contributed by atoms with Gasteiger partial charge in [-0.25, -0.2) is 0 Å². The molecule has 2 atom stereocenters. The second kappa shape index (κ2) is 5.43. The molecule has 11 heavy (non-hydrogen) atoms. The van der Waals surface area contributed by atoms with Gasteiger partial charge in [0.05, 0.1) is 0 Å². The van der Waals surface area contributed by atoms with Gasteiger partial charge in [0.15, 0.2) is 0 Å². The standard InChI is InChI=1S/C9H21PS/c1-5-6-9(3,4)7-11-8(2)10/h8H,5-7,10H2,1-4H3. The Kier molecular flexibility index (Phi) is 5.82. The van der Waals surface area contributed by atoms with Gasteiger partial charge < -0.3 is 0 Å². The lowest BCUT2D eigenvalue weighted by atomic mass is 9.91. The third-order valence-electron chi connectivity index (χ3n) is 1.66. The summed E-state index contributed by atoms with van der Waals surface area (Å²) in [6.07, 6.45) is 2.65. The predicted octanol–water partition coefficient (Wildman–Crippen LogP) is 3.77. The third kappa shape index (κ3) is 7.15. The van der Waals surface area contributed by atoms with Crippen molar-refractivity contribution >= 4 is 21.0 Å². The van der Waals surface area contributed by atoms with Crippen LogP contribution in [0.2, 0.25) is 0 Å². The molecule has 0 aromatic carbocycles. The molecule has 0 aliphatic heterocycles. The Morgan fingerprint density at radius 2 is 2.00 bits per heavy atom. The van der Waals surface area contributed by atoms with Gasteiger partial charge in [-0.1, -0.05) is 27.2 Å². The minimum absolute atomic E-state index is 0.532. The maximum Gasteiger partial charge on any atom is 0.0162 e. The molecule has 0 aliphatic rings. The van der Waals surface area contributed by atoms with Gasteiger partial charge in [-0.15, -0.1) is 9.24 Å². The molecule has 0 nitrogen and oxygen atoms in total. The molecule has 0 spiro atoms. The van der Waals surface area contributed by atoms with Gasteiger partial charge in [0, 0.05) is 4.99 Å². The zero-order valence-corrected chi connectivity index (χ0v) is 10.2. The Bertz CT molecular complexity index is 99.7. The highest BCUT2D eigenvalue weighted by Crippen LogP contribution is 2.30. The van der Waals surface area contributed by atoms with Crippen LogP contribution in [0.25, 0.3) is 0 Å². The van der Waals surface area contributed by atoms with E-state index in [2.05, 4.69) is 36.9 Å². The summed E-state index contributed by atoms with van der Waals surface area (Å²) in [7, 11) is 2.84. The van der Waals surface area contributed by atoms with E-state index >= 15 is 0 Å². The zero-order valence-electron chi connectivity index (χ0n) is 8.18. The van der Waals surface area contributed by atoms with E-state index in [1.54, 1.807) is 0 Å². The Balaban J connectivity index is 3.54. The maximum absolute atomic E-state index is 2.84. The van der Waals surface area contributed by atoms with E-state index in [1.807, 2.05) is 11.8 Å². The van der Waals surface area contributed by atoms with Crippen LogP contribution in [0.1, 0.15) is 40.5 Å². The summed E-state index contributed by atoms with van der Waals surface area (Å²) in [5.74, 6) is 1.28. The van der Waals surface area contributed by atoms with Crippen molar-refractivity contribution in [1.29, 1.82) is 0 Å². The molecule has 0 rings (SSSR count). The van der Waals surface area contributed by atoms with Crippen LogP contribution in [0.3, 0.4) is 0 Å². The molecule has 0 saturated heterocycles. The van der Waals surface area contributed by atoms with Gasteiger partial charge in [-0.05, 0) is 24.5 Å². The van der Waals surface area contributed by atoms with Crippen molar-refractivity contribution in [2.45, 2.75) is 45.5 Å². The fraction of sp³-hybridized carbons (Fsp3) is 1.00. The molecule has 0 aromatic rings. The summed E-state index contributed by atoms with van der Waals surface area (Å²) in [5, 5.41) is 0. The highest BCUT2D eigenvalue weighted by Gasteiger charge is 2.16.